The minimum atomic E-state index is -0.915. The van der Waals surface area contributed by atoms with Crippen molar-refractivity contribution in [3.8, 4) is 11.1 Å². The molecule has 18 heavy (non-hydrogen) atoms. The number of aromatic amines is 1. The molecule has 2 aromatic carbocycles. The molecule has 0 saturated carbocycles. The first kappa shape index (κ1) is 10.6. The maximum atomic E-state index is 11.1. The second-order valence-corrected chi connectivity index (χ2v) is 4.10. The molecule has 0 spiro atoms. The van der Waals surface area contributed by atoms with Gasteiger partial charge in [0.2, 0.25) is 0 Å². The molecule has 3 heteroatoms. The van der Waals surface area contributed by atoms with Gasteiger partial charge in [-0.1, -0.05) is 42.5 Å². The highest BCUT2D eigenvalue weighted by Crippen LogP contribution is 2.29. The van der Waals surface area contributed by atoms with Gasteiger partial charge in [0.05, 0.1) is 11.1 Å². The monoisotopic (exact) mass is 237 g/mol. The minimum Gasteiger partial charge on any atom is -0.478 e. The standard InChI is InChI=1S/C15H11NO2/c17-15(18)12-8-4-7-11-13(9-16-14(11)12)10-5-2-1-3-6-10/h1-9,16H,(H,17,18). The van der Waals surface area contributed by atoms with Crippen LogP contribution < -0.4 is 0 Å². The Balaban J connectivity index is 2.28. The molecule has 0 aliphatic rings. The molecular weight excluding hydrogens is 226 g/mol. The van der Waals surface area contributed by atoms with E-state index >= 15 is 0 Å². The number of aromatic carboxylic acids is 1. The Labute approximate surface area is 104 Å². The first-order chi connectivity index (χ1) is 8.77. The molecule has 0 aliphatic heterocycles. The Hall–Kier alpha value is -2.55. The summed E-state index contributed by atoms with van der Waals surface area (Å²) >= 11 is 0. The molecule has 0 unspecified atom stereocenters. The van der Waals surface area contributed by atoms with Crippen LogP contribution in [0.15, 0.2) is 54.7 Å². The van der Waals surface area contributed by atoms with E-state index in [1.54, 1.807) is 12.1 Å². The fraction of sp³-hybridized carbons (Fsp3) is 0. The van der Waals surface area contributed by atoms with Crippen LogP contribution in [0, 0.1) is 0 Å². The van der Waals surface area contributed by atoms with E-state index in [0.717, 1.165) is 16.5 Å². The number of hydrogen-bond donors (Lipinski definition) is 2. The van der Waals surface area contributed by atoms with Crippen molar-refractivity contribution in [2.24, 2.45) is 0 Å². The zero-order valence-corrected chi connectivity index (χ0v) is 9.55. The number of carboxylic acids is 1. The van der Waals surface area contributed by atoms with E-state index in [9.17, 15) is 4.79 Å². The number of benzene rings is 2. The molecule has 88 valence electrons. The lowest BCUT2D eigenvalue weighted by atomic mass is 10.0. The third kappa shape index (κ3) is 1.57. The zero-order valence-electron chi connectivity index (χ0n) is 9.55. The molecule has 0 saturated heterocycles. The molecular formula is C15H11NO2. The highest BCUT2D eigenvalue weighted by atomic mass is 16.4. The summed E-state index contributed by atoms with van der Waals surface area (Å²) < 4.78 is 0. The number of aromatic nitrogens is 1. The van der Waals surface area contributed by atoms with Crippen molar-refractivity contribution in [2.45, 2.75) is 0 Å². The number of carboxylic acid groups (broad SMARTS) is 1. The van der Waals surface area contributed by atoms with Crippen LogP contribution in [-0.4, -0.2) is 16.1 Å². The van der Waals surface area contributed by atoms with Gasteiger partial charge in [0.25, 0.3) is 0 Å². The quantitative estimate of drug-likeness (QED) is 0.716. The van der Waals surface area contributed by atoms with Crippen LogP contribution in [0.4, 0.5) is 0 Å². The van der Waals surface area contributed by atoms with E-state index in [4.69, 9.17) is 5.11 Å². The van der Waals surface area contributed by atoms with Crippen LogP contribution in [0.5, 0.6) is 0 Å². The smallest absolute Gasteiger partial charge is 0.337 e. The largest absolute Gasteiger partial charge is 0.478 e. The van der Waals surface area contributed by atoms with E-state index in [0.29, 0.717) is 11.1 Å². The average molecular weight is 237 g/mol. The summed E-state index contributed by atoms with van der Waals surface area (Å²) in [5.74, 6) is -0.915. The molecule has 3 aromatic rings. The van der Waals surface area contributed by atoms with Crippen molar-refractivity contribution in [1.82, 2.24) is 4.98 Å². The lowest BCUT2D eigenvalue weighted by molar-refractivity contribution is 0.0699. The summed E-state index contributed by atoms with van der Waals surface area (Å²) in [5.41, 5.74) is 3.07. The molecule has 0 atom stereocenters. The summed E-state index contributed by atoms with van der Waals surface area (Å²) in [5, 5.41) is 10.1. The second kappa shape index (κ2) is 4.04. The van der Waals surface area contributed by atoms with Gasteiger partial charge >= 0.3 is 5.97 Å². The third-order valence-corrected chi connectivity index (χ3v) is 3.03. The molecule has 3 nitrogen and oxygen atoms in total. The molecule has 1 aromatic heterocycles. The van der Waals surface area contributed by atoms with E-state index in [2.05, 4.69) is 4.98 Å². The Morgan fingerprint density at radius 1 is 1.00 bits per heavy atom. The number of carbonyl (C=O) groups is 1. The van der Waals surface area contributed by atoms with E-state index in [-0.39, 0.29) is 0 Å². The van der Waals surface area contributed by atoms with Crippen LogP contribution >= 0.6 is 0 Å². The molecule has 0 amide bonds. The lowest BCUT2D eigenvalue weighted by Gasteiger charge is -2.00. The number of para-hydroxylation sites is 1. The van der Waals surface area contributed by atoms with Crippen molar-refractivity contribution in [3.05, 3.63) is 60.3 Å². The van der Waals surface area contributed by atoms with E-state index in [1.165, 1.54) is 0 Å². The van der Waals surface area contributed by atoms with Crippen LogP contribution in [-0.2, 0) is 0 Å². The number of nitrogens with one attached hydrogen (secondary N) is 1. The van der Waals surface area contributed by atoms with Crippen molar-refractivity contribution in [3.63, 3.8) is 0 Å². The molecule has 3 rings (SSSR count). The van der Waals surface area contributed by atoms with Crippen molar-refractivity contribution >= 4 is 16.9 Å². The first-order valence-electron chi connectivity index (χ1n) is 5.66. The van der Waals surface area contributed by atoms with Gasteiger partial charge in [-0.25, -0.2) is 4.79 Å². The SMILES string of the molecule is O=C(O)c1cccc2c(-c3ccccc3)c[nH]c12. The van der Waals surface area contributed by atoms with Gasteiger partial charge in [-0.05, 0) is 11.6 Å². The first-order valence-corrected chi connectivity index (χ1v) is 5.66. The lowest BCUT2D eigenvalue weighted by Crippen LogP contribution is -1.96. The van der Waals surface area contributed by atoms with Crippen LogP contribution in [0.1, 0.15) is 10.4 Å². The summed E-state index contributed by atoms with van der Waals surface area (Å²) in [6.07, 6.45) is 1.85. The highest BCUT2D eigenvalue weighted by molar-refractivity contribution is 6.06. The summed E-state index contributed by atoms with van der Waals surface area (Å²) in [7, 11) is 0. The van der Waals surface area contributed by atoms with Crippen molar-refractivity contribution in [2.75, 3.05) is 0 Å². The summed E-state index contributed by atoms with van der Waals surface area (Å²) in [6.45, 7) is 0. The van der Waals surface area contributed by atoms with Crippen LogP contribution in [0.25, 0.3) is 22.0 Å². The van der Waals surface area contributed by atoms with Gasteiger partial charge in [-0.2, -0.15) is 0 Å². The summed E-state index contributed by atoms with van der Waals surface area (Å²) in [6, 6.07) is 15.2. The number of fused-ring (bicyclic) bond motifs is 1. The van der Waals surface area contributed by atoms with Gasteiger partial charge in [-0.15, -0.1) is 0 Å². The fourth-order valence-electron chi connectivity index (χ4n) is 2.19. The van der Waals surface area contributed by atoms with Crippen LogP contribution in [0.2, 0.25) is 0 Å². The number of H-pyrrole nitrogens is 1. The van der Waals surface area contributed by atoms with Gasteiger partial charge in [-0.3, -0.25) is 0 Å². The second-order valence-electron chi connectivity index (χ2n) is 4.10. The normalized spacial score (nSPS) is 10.7. The van der Waals surface area contributed by atoms with Crippen molar-refractivity contribution < 1.29 is 9.90 Å². The molecule has 0 fully saturated rings. The Kier molecular flexibility index (Phi) is 2.38. The molecule has 0 aliphatic carbocycles. The van der Waals surface area contributed by atoms with Gasteiger partial charge < -0.3 is 10.1 Å². The van der Waals surface area contributed by atoms with Gasteiger partial charge in [0.15, 0.2) is 0 Å². The zero-order chi connectivity index (χ0) is 12.5. The Morgan fingerprint density at radius 3 is 2.50 bits per heavy atom. The fourth-order valence-corrected chi connectivity index (χ4v) is 2.19. The third-order valence-electron chi connectivity index (χ3n) is 3.03. The molecule has 0 radical (unpaired) electrons. The van der Waals surface area contributed by atoms with Crippen molar-refractivity contribution in [1.29, 1.82) is 0 Å². The highest BCUT2D eigenvalue weighted by Gasteiger charge is 2.12. The van der Waals surface area contributed by atoms with Gasteiger partial charge in [0, 0.05) is 17.1 Å². The summed E-state index contributed by atoms with van der Waals surface area (Å²) in [4.78, 5) is 14.2. The maximum absolute atomic E-state index is 11.1. The minimum absolute atomic E-state index is 0.301. The number of hydrogen-bond acceptors (Lipinski definition) is 1. The van der Waals surface area contributed by atoms with E-state index < -0.39 is 5.97 Å². The topological polar surface area (TPSA) is 53.1 Å². The molecule has 2 N–H and O–H groups in total. The maximum Gasteiger partial charge on any atom is 0.337 e. The van der Waals surface area contributed by atoms with Crippen LogP contribution in [0.3, 0.4) is 0 Å². The predicted molar refractivity (Wildman–Crippen MR) is 70.7 cm³/mol. The average Bonchev–Trinajstić information content (AvgIpc) is 2.83. The molecule has 1 heterocycles. The number of rotatable bonds is 2. The predicted octanol–water partition coefficient (Wildman–Crippen LogP) is 3.53. The Morgan fingerprint density at radius 2 is 1.78 bits per heavy atom. The molecule has 0 bridgehead atoms. The van der Waals surface area contributed by atoms with E-state index in [1.807, 2.05) is 42.6 Å². The van der Waals surface area contributed by atoms with Gasteiger partial charge in [0.1, 0.15) is 0 Å². The Bertz CT molecular complexity index is 714.